The first-order valence-corrected chi connectivity index (χ1v) is 10.4. The number of ether oxygens (including phenoxy) is 1. The zero-order chi connectivity index (χ0) is 24.9. The summed E-state index contributed by atoms with van der Waals surface area (Å²) < 4.78 is 11.0. The van der Waals surface area contributed by atoms with Gasteiger partial charge in [-0.05, 0) is 37.1 Å². The van der Waals surface area contributed by atoms with E-state index < -0.39 is 42.6 Å². The number of rotatable bonds is 11. The van der Waals surface area contributed by atoms with E-state index in [9.17, 15) is 30.0 Å². The highest BCUT2D eigenvalue weighted by Crippen LogP contribution is 2.25. The zero-order valence-corrected chi connectivity index (χ0v) is 18.9. The number of aliphatic hydroxyl groups is 5. The summed E-state index contributed by atoms with van der Waals surface area (Å²) in [4.78, 5) is 26.3. The highest BCUT2D eigenvalue weighted by atomic mass is 16.5. The van der Waals surface area contributed by atoms with Crippen LogP contribution in [0.15, 0.2) is 39.6 Å². The lowest BCUT2D eigenvalue weighted by Crippen LogP contribution is -2.50. The van der Waals surface area contributed by atoms with Crippen molar-refractivity contribution in [3.63, 3.8) is 0 Å². The molecule has 1 aromatic heterocycles. The van der Waals surface area contributed by atoms with Gasteiger partial charge in [0.1, 0.15) is 42.4 Å². The summed E-state index contributed by atoms with van der Waals surface area (Å²) in [5.74, 6) is -0.0210. The van der Waals surface area contributed by atoms with Crippen LogP contribution in [0.2, 0.25) is 0 Å². The molecule has 0 spiro atoms. The van der Waals surface area contributed by atoms with Crippen LogP contribution in [0.4, 0.5) is 0 Å². The van der Waals surface area contributed by atoms with Crippen LogP contribution < -0.4 is 10.4 Å². The number of hydrogen-bond donors (Lipinski definition) is 5. The van der Waals surface area contributed by atoms with E-state index in [0.717, 1.165) is 10.5 Å². The standard InChI is InChI=1S/C23H31NO9/c1-12(2)11-32-14-5-6-15-13(3)16(23(31)33-19(15)7-14)8-20(28)24(4)9-17(26)21(29)22(30)18(27)10-25/h5-7,17-18,21-22,25-27,29-30H,1,8-11H2,2-4H3/t17-,18-,21-,22-/m1/s1. The van der Waals surface area contributed by atoms with Crippen molar-refractivity contribution in [1.29, 1.82) is 0 Å². The lowest BCUT2D eigenvalue weighted by atomic mass is 10.0. The average Bonchev–Trinajstić information content (AvgIpc) is 2.78. The van der Waals surface area contributed by atoms with Crippen LogP contribution in [0.25, 0.3) is 11.0 Å². The summed E-state index contributed by atoms with van der Waals surface area (Å²) in [5, 5.41) is 48.6. The van der Waals surface area contributed by atoms with Crippen LogP contribution in [0.5, 0.6) is 5.75 Å². The van der Waals surface area contributed by atoms with Gasteiger partial charge in [0.05, 0.1) is 18.6 Å². The van der Waals surface area contributed by atoms with Gasteiger partial charge in [0.25, 0.3) is 0 Å². The molecule has 0 bridgehead atoms. The van der Waals surface area contributed by atoms with E-state index in [4.69, 9.17) is 14.3 Å². The van der Waals surface area contributed by atoms with Crippen LogP contribution in [-0.2, 0) is 11.2 Å². The molecule has 1 amide bonds. The van der Waals surface area contributed by atoms with Gasteiger partial charge in [-0.1, -0.05) is 6.58 Å². The maximum absolute atomic E-state index is 12.6. The van der Waals surface area contributed by atoms with Crippen LogP contribution in [0, 0.1) is 6.92 Å². The van der Waals surface area contributed by atoms with Crippen LogP contribution in [0.3, 0.4) is 0 Å². The van der Waals surface area contributed by atoms with Crippen LogP contribution in [-0.4, -0.2) is 87.6 Å². The minimum absolute atomic E-state index is 0.153. The molecule has 5 N–H and O–H groups in total. The molecule has 10 heteroatoms. The number of aryl methyl sites for hydroxylation is 1. The molecule has 0 saturated heterocycles. The number of nitrogens with zero attached hydrogens (tertiary/aromatic N) is 1. The molecule has 1 aromatic carbocycles. The van der Waals surface area contributed by atoms with Gasteiger partial charge in [0.15, 0.2) is 0 Å². The van der Waals surface area contributed by atoms with Gasteiger partial charge in [-0.3, -0.25) is 4.79 Å². The average molecular weight is 465 g/mol. The third-order valence-electron chi connectivity index (χ3n) is 5.28. The Kier molecular flexibility index (Phi) is 9.15. The van der Waals surface area contributed by atoms with E-state index in [1.54, 1.807) is 25.1 Å². The fourth-order valence-electron chi connectivity index (χ4n) is 3.21. The molecule has 0 aliphatic heterocycles. The monoisotopic (exact) mass is 465 g/mol. The summed E-state index contributed by atoms with van der Waals surface area (Å²) >= 11 is 0. The van der Waals surface area contributed by atoms with Crippen molar-refractivity contribution in [2.45, 2.75) is 44.7 Å². The number of amides is 1. The molecule has 0 fully saturated rings. The molecule has 2 rings (SSSR count). The third-order valence-corrected chi connectivity index (χ3v) is 5.28. The Bertz CT molecular complexity index is 1050. The maximum atomic E-state index is 12.6. The van der Waals surface area contributed by atoms with Gasteiger partial charge < -0.3 is 39.6 Å². The van der Waals surface area contributed by atoms with Gasteiger partial charge in [-0.15, -0.1) is 0 Å². The van der Waals surface area contributed by atoms with Crippen LogP contribution >= 0.6 is 0 Å². The van der Waals surface area contributed by atoms with E-state index in [0.29, 0.717) is 28.9 Å². The topological polar surface area (TPSA) is 161 Å². The van der Waals surface area contributed by atoms with E-state index in [2.05, 4.69) is 6.58 Å². The Morgan fingerprint density at radius 2 is 1.82 bits per heavy atom. The molecule has 2 aromatic rings. The van der Waals surface area contributed by atoms with Crippen molar-refractivity contribution in [1.82, 2.24) is 4.90 Å². The Balaban J connectivity index is 2.15. The quantitative estimate of drug-likeness (QED) is 0.217. The molecule has 0 unspecified atom stereocenters. The number of carbonyl (C=O) groups excluding carboxylic acids is 1. The van der Waals surface area contributed by atoms with Crippen molar-refractivity contribution in [2.24, 2.45) is 0 Å². The van der Waals surface area contributed by atoms with Gasteiger partial charge in [-0.25, -0.2) is 4.79 Å². The molecular weight excluding hydrogens is 434 g/mol. The lowest BCUT2D eigenvalue weighted by molar-refractivity contribution is -0.137. The molecule has 4 atom stereocenters. The van der Waals surface area contributed by atoms with Crippen molar-refractivity contribution in [3.05, 3.63) is 51.9 Å². The highest BCUT2D eigenvalue weighted by molar-refractivity contribution is 5.85. The number of hydrogen-bond acceptors (Lipinski definition) is 9. The predicted octanol–water partition coefficient (Wildman–Crippen LogP) is -0.507. The molecule has 33 heavy (non-hydrogen) atoms. The number of carbonyl (C=O) groups is 1. The Labute approximate surface area is 191 Å². The molecule has 10 nitrogen and oxygen atoms in total. The minimum atomic E-state index is -1.80. The van der Waals surface area contributed by atoms with Gasteiger partial charge in [-0.2, -0.15) is 0 Å². The second-order valence-corrected chi connectivity index (χ2v) is 8.15. The molecule has 0 aliphatic carbocycles. The first-order valence-electron chi connectivity index (χ1n) is 10.4. The first-order chi connectivity index (χ1) is 15.5. The van der Waals surface area contributed by atoms with Gasteiger partial charge >= 0.3 is 5.63 Å². The second-order valence-electron chi connectivity index (χ2n) is 8.15. The molecule has 0 saturated carbocycles. The number of aliphatic hydroxyl groups excluding tert-OH is 5. The SMILES string of the molecule is C=C(C)COc1ccc2c(C)c(CC(=O)N(C)C[C@@H](O)[C@@H](O)[C@H](O)[C@H](O)CO)c(=O)oc2c1. The predicted molar refractivity (Wildman–Crippen MR) is 120 cm³/mol. The largest absolute Gasteiger partial charge is 0.489 e. The molecule has 0 radical (unpaired) electrons. The summed E-state index contributed by atoms with van der Waals surface area (Å²) in [7, 11) is 1.36. The van der Waals surface area contributed by atoms with Gasteiger partial charge in [0, 0.05) is 25.0 Å². The molecular formula is C23H31NO9. The van der Waals surface area contributed by atoms with Crippen molar-refractivity contribution in [3.8, 4) is 5.75 Å². The van der Waals surface area contributed by atoms with Gasteiger partial charge in [0.2, 0.25) is 5.91 Å². The number of benzene rings is 1. The first kappa shape index (κ1) is 26.5. The third kappa shape index (κ3) is 6.62. The summed E-state index contributed by atoms with van der Waals surface area (Å²) in [6, 6.07) is 5.04. The van der Waals surface area contributed by atoms with Crippen molar-refractivity contribution in [2.75, 3.05) is 26.8 Å². The Morgan fingerprint density at radius 3 is 2.42 bits per heavy atom. The maximum Gasteiger partial charge on any atom is 0.340 e. The second kappa shape index (κ2) is 11.4. The van der Waals surface area contributed by atoms with E-state index in [-0.39, 0.29) is 18.5 Å². The molecule has 0 aliphatic rings. The van der Waals surface area contributed by atoms with Crippen molar-refractivity contribution >= 4 is 16.9 Å². The fraction of sp³-hybridized carbons (Fsp3) is 0.478. The summed E-state index contributed by atoms with van der Waals surface area (Å²) in [6.07, 6.45) is -7.14. The minimum Gasteiger partial charge on any atom is -0.489 e. The van der Waals surface area contributed by atoms with E-state index in [1.165, 1.54) is 7.05 Å². The summed E-state index contributed by atoms with van der Waals surface area (Å²) in [6.45, 7) is 6.42. The molecule has 1 heterocycles. The fourth-order valence-corrected chi connectivity index (χ4v) is 3.21. The van der Waals surface area contributed by atoms with E-state index in [1.807, 2.05) is 6.92 Å². The number of fused-ring (bicyclic) bond motifs is 1. The van der Waals surface area contributed by atoms with E-state index >= 15 is 0 Å². The number of likely N-dealkylation sites (N-methyl/N-ethyl adjacent to an activating group) is 1. The van der Waals surface area contributed by atoms with Crippen LogP contribution in [0.1, 0.15) is 18.1 Å². The van der Waals surface area contributed by atoms with Crippen molar-refractivity contribution < 1.29 is 39.5 Å². The Morgan fingerprint density at radius 1 is 1.18 bits per heavy atom. The zero-order valence-electron chi connectivity index (χ0n) is 18.9. The lowest BCUT2D eigenvalue weighted by Gasteiger charge is -2.28. The Hall–Kier alpha value is -2.76. The highest BCUT2D eigenvalue weighted by Gasteiger charge is 2.31. The normalized spacial score (nSPS) is 15.0. The molecule has 182 valence electrons. The smallest absolute Gasteiger partial charge is 0.340 e. The summed E-state index contributed by atoms with van der Waals surface area (Å²) in [5.41, 5.74) is 1.19.